The quantitative estimate of drug-likeness (QED) is 0.761. The molecule has 4 rings (SSSR count). The van der Waals surface area contributed by atoms with Crippen LogP contribution in [0.2, 0.25) is 0 Å². The standard InChI is InChI=1S/C25H30N4O2/c1-3-23(30)26-21-16-20(25-17(2)15-24(31)27-28-25)9-10-22(21)29-13-11-19(12-14-29)18-7-5-4-6-8-18/h4-10,16-17,19H,3,11-15H2,1-2H3,(H,26,30)(H,27,31). The fourth-order valence-corrected chi connectivity index (χ4v) is 4.49. The first kappa shape index (κ1) is 21.1. The summed E-state index contributed by atoms with van der Waals surface area (Å²) >= 11 is 0. The van der Waals surface area contributed by atoms with Crippen LogP contribution in [0.3, 0.4) is 0 Å². The Hall–Kier alpha value is -3.15. The molecular formula is C25H30N4O2. The topological polar surface area (TPSA) is 73.8 Å². The van der Waals surface area contributed by atoms with Crippen LogP contribution in [0.15, 0.2) is 53.6 Å². The van der Waals surface area contributed by atoms with Crippen LogP contribution in [-0.2, 0) is 9.59 Å². The Bertz CT molecular complexity index is 978. The van der Waals surface area contributed by atoms with Crippen LogP contribution < -0.4 is 15.6 Å². The highest BCUT2D eigenvalue weighted by Gasteiger charge is 2.25. The maximum absolute atomic E-state index is 12.2. The molecular weight excluding hydrogens is 388 g/mol. The summed E-state index contributed by atoms with van der Waals surface area (Å²) in [6.07, 6.45) is 3.02. The van der Waals surface area contributed by atoms with Crippen molar-refractivity contribution in [3.63, 3.8) is 0 Å². The van der Waals surface area contributed by atoms with E-state index < -0.39 is 0 Å². The smallest absolute Gasteiger partial charge is 0.240 e. The van der Waals surface area contributed by atoms with Crippen molar-refractivity contribution < 1.29 is 9.59 Å². The molecule has 1 atom stereocenters. The van der Waals surface area contributed by atoms with Gasteiger partial charge in [-0.1, -0.05) is 50.2 Å². The normalized spacial score (nSPS) is 19.5. The first-order valence-corrected chi connectivity index (χ1v) is 11.2. The highest BCUT2D eigenvalue weighted by molar-refractivity contribution is 6.07. The highest BCUT2D eigenvalue weighted by atomic mass is 16.2. The lowest BCUT2D eigenvalue weighted by molar-refractivity contribution is -0.122. The average Bonchev–Trinajstić information content (AvgIpc) is 2.80. The van der Waals surface area contributed by atoms with Crippen molar-refractivity contribution in [3.8, 4) is 0 Å². The number of piperidine rings is 1. The van der Waals surface area contributed by atoms with Crippen LogP contribution in [0.5, 0.6) is 0 Å². The number of carbonyl (C=O) groups is 2. The van der Waals surface area contributed by atoms with E-state index in [0.717, 1.165) is 48.6 Å². The maximum atomic E-state index is 12.2. The van der Waals surface area contributed by atoms with E-state index in [1.54, 1.807) is 0 Å². The molecule has 1 saturated heterocycles. The number of hydrogen-bond acceptors (Lipinski definition) is 4. The number of nitrogens with one attached hydrogen (secondary N) is 2. The van der Waals surface area contributed by atoms with E-state index in [9.17, 15) is 9.59 Å². The summed E-state index contributed by atoms with van der Waals surface area (Å²) in [5.74, 6) is 0.542. The van der Waals surface area contributed by atoms with Crippen LogP contribution in [-0.4, -0.2) is 30.6 Å². The van der Waals surface area contributed by atoms with Crippen molar-refractivity contribution in [2.75, 3.05) is 23.3 Å². The number of rotatable bonds is 5. The second-order valence-corrected chi connectivity index (χ2v) is 8.44. The molecule has 0 saturated carbocycles. The second kappa shape index (κ2) is 9.33. The molecule has 2 aromatic rings. The van der Waals surface area contributed by atoms with Gasteiger partial charge in [0.1, 0.15) is 0 Å². The van der Waals surface area contributed by atoms with Crippen LogP contribution in [0.4, 0.5) is 11.4 Å². The molecule has 0 bridgehead atoms. The second-order valence-electron chi connectivity index (χ2n) is 8.44. The number of anilines is 2. The number of hydrazone groups is 1. The SMILES string of the molecule is CCC(=O)Nc1cc(C2=NNC(=O)CC2C)ccc1N1CCC(c2ccccc2)CC1. The monoisotopic (exact) mass is 418 g/mol. The highest BCUT2D eigenvalue weighted by Crippen LogP contribution is 2.35. The number of nitrogens with zero attached hydrogens (tertiary/aromatic N) is 2. The van der Waals surface area contributed by atoms with Crippen LogP contribution >= 0.6 is 0 Å². The van der Waals surface area contributed by atoms with Gasteiger partial charge in [-0.15, -0.1) is 0 Å². The summed E-state index contributed by atoms with van der Waals surface area (Å²) in [6.45, 7) is 5.75. The lowest BCUT2D eigenvalue weighted by Gasteiger charge is -2.35. The molecule has 0 aliphatic carbocycles. The van der Waals surface area contributed by atoms with Gasteiger partial charge in [0, 0.05) is 37.4 Å². The van der Waals surface area contributed by atoms with Crippen LogP contribution in [0.1, 0.15) is 56.6 Å². The first-order chi connectivity index (χ1) is 15.0. The molecule has 2 amide bonds. The first-order valence-electron chi connectivity index (χ1n) is 11.2. The third-order valence-corrected chi connectivity index (χ3v) is 6.25. The molecule has 2 aromatic carbocycles. The van der Waals surface area contributed by atoms with E-state index in [-0.39, 0.29) is 17.7 Å². The summed E-state index contributed by atoms with van der Waals surface area (Å²) in [5.41, 5.74) is 7.63. The minimum atomic E-state index is -0.0614. The molecule has 0 aromatic heterocycles. The molecule has 6 nitrogen and oxygen atoms in total. The summed E-state index contributed by atoms with van der Waals surface area (Å²) in [6, 6.07) is 16.8. The Morgan fingerprint density at radius 2 is 1.90 bits per heavy atom. The van der Waals surface area contributed by atoms with Gasteiger partial charge in [-0.05, 0) is 36.5 Å². The van der Waals surface area contributed by atoms with Crippen LogP contribution in [0, 0.1) is 5.92 Å². The molecule has 6 heteroatoms. The third kappa shape index (κ3) is 4.79. The van der Waals surface area contributed by atoms with Gasteiger partial charge in [0.2, 0.25) is 11.8 Å². The molecule has 2 heterocycles. The van der Waals surface area contributed by atoms with Gasteiger partial charge in [-0.3, -0.25) is 9.59 Å². The fraction of sp³-hybridized carbons (Fsp3) is 0.400. The minimum absolute atomic E-state index is 0.00972. The zero-order chi connectivity index (χ0) is 21.8. The third-order valence-electron chi connectivity index (χ3n) is 6.25. The average molecular weight is 419 g/mol. The van der Waals surface area contributed by atoms with Gasteiger partial charge in [-0.25, -0.2) is 5.43 Å². The molecule has 0 spiro atoms. The molecule has 31 heavy (non-hydrogen) atoms. The van der Waals surface area contributed by atoms with Gasteiger partial charge in [-0.2, -0.15) is 5.10 Å². The van der Waals surface area contributed by atoms with Crippen molar-refractivity contribution in [1.29, 1.82) is 0 Å². The predicted molar refractivity (Wildman–Crippen MR) is 124 cm³/mol. The van der Waals surface area contributed by atoms with E-state index in [2.05, 4.69) is 57.1 Å². The van der Waals surface area contributed by atoms with E-state index in [0.29, 0.717) is 18.8 Å². The molecule has 162 valence electrons. The lowest BCUT2D eigenvalue weighted by atomic mass is 9.89. The van der Waals surface area contributed by atoms with E-state index >= 15 is 0 Å². The molecule has 0 radical (unpaired) electrons. The summed E-state index contributed by atoms with van der Waals surface area (Å²) < 4.78 is 0. The maximum Gasteiger partial charge on any atom is 0.240 e. The summed E-state index contributed by atoms with van der Waals surface area (Å²) in [4.78, 5) is 26.2. The number of amides is 2. The molecule has 2 aliphatic rings. The number of hydrogen-bond donors (Lipinski definition) is 2. The van der Waals surface area contributed by atoms with Crippen molar-refractivity contribution in [2.24, 2.45) is 11.0 Å². The zero-order valence-electron chi connectivity index (χ0n) is 18.2. The van der Waals surface area contributed by atoms with E-state index in [1.165, 1.54) is 5.56 Å². The number of carbonyl (C=O) groups excluding carboxylic acids is 2. The van der Waals surface area contributed by atoms with Gasteiger partial charge < -0.3 is 10.2 Å². The summed E-state index contributed by atoms with van der Waals surface area (Å²) in [7, 11) is 0. The Kier molecular flexibility index (Phi) is 6.35. The Morgan fingerprint density at radius 1 is 1.16 bits per heavy atom. The molecule has 1 unspecified atom stereocenters. The van der Waals surface area contributed by atoms with Crippen LogP contribution in [0.25, 0.3) is 0 Å². The van der Waals surface area contributed by atoms with E-state index in [1.807, 2.05) is 26.0 Å². The van der Waals surface area contributed by atoms with E-state index in [4.69, 9.17) is 0 Å². The largest absolute Gasteiger partial charge is 0.370 e. The van der Waals surface area contributed by atoms with Crippen molar-refractivity contribution in [2.45, 2.75) is 45.4 Å². The molecule has 2 aliphatic heterocycles. The van der Waals surface area contributed by atoms with Crippen molar-refractivity contribution in [3.05, 3.63) is 59.7 Å². The Morgan fingerprint density at radius 3 is 2.58 bits per heavy atom. The van der Waals surface area contributed by atoms with Gasteiger partial charge in [0.15, 0.2) is 0 Å². The zero-order valence-corrected chi connectivity index (χ0v) is 18.2. The Labute approximate surface area is 183 Å². The number of benzene rings is 2. The minimum Gasteiger partial charge on any atom is -0.370 e. The van der Waals surface area contributed by atoms with Gasteiger partial charge in [0.25, 0.3) is 0 Å². The summed E-state index contributed by atoms with van der Waals surface area (Å²) in [5, 5.41) is 7.36. The van der Waals surface area contributed by atoms with Gasteiger partial charge >= 0.3 is 0 Å². The van der Waals surface area contributed by atoms with Crippen molar-refractivity contribution >= 4 is 28.9 Å². The molecule has 1 fully saturated rings. The molecule has 2 N–H and O–H groups in total. The Balaban J connectivity index is 1.57. The predicted octanol–water partition coefficient (Wildman–Crippen LogP) is 4.28. The fourth-order valence-electron chi connectivity index (χ4n) is 4.49. The van der Waals surface area contributed by atoms with Gasteiger partial charge in [0.05, 0.1) is 17.1 Å². The lowest BCUT2D eigenvalue weighted by Crippen LogP contribution is -2.34. The van der Waals surface area contributed by atoms with Crippen molar-refractivity contribution in [1.82, 2.24) is 5.43 Å².